The van der Waals surface area contributed by atoms with E-state index >= 15 is 0 Å². The second kappa shape index (κ2) is 6.81. The molecule has 22 heavy (non-hydrogen) atoms. The summed E-state index contributed by atoms with van der Waals surface area (Å²) >= 11 is 12.0. The van der Waals surface area contributed by atoms with Crippen molar-refractivity contribution >= 4 is 29.0 Å². The van der Waals surface area contributed by atoms with Crippen molar-refractivity contribution in [3.8, 4) is 0 Å². The van der Waals surface area contributed by atoms with Gasteiger partial charge >= 0.3 is 0 Å². The van der Waals surface area contributed by atoms with Crippen molar-refractivity contribution in [1.29, 1.82) is 0 Å². The number of anilines is 1. The first-order chi connectivity index (χ1) is 10.6. The van der Waals surface area contributed by atoms with Gasteiger partial charge in [-0.15, -0.1) is 10.2 Å². The fourth-order valence-electron chi connectivity index (χ4n) is 2.30. The Morgan fingerprint density at radius 2 is 2.14 bits per heavy atom. The molecule has 0 aromatic carbocycles. The van der Waals surface area contributed by atoms with Crippen LogP contribution in [0.1, 0.15) is 30.2 Å². The highest BCUT2D eigenvalue weighted by Crippen LogP contribution is 2.24. The lowest BCUT2D eigenvalue weighted by Crippen LogP contribution is -2.24. The lowest BCUT2D eigenvalue weighted by molar-refractivity contribution is -0.106. The predicted molar refractivity (Wildman–Crippen MR) is 85.4 cm³/mol. The Morgan fingerprint density at radius 3 is 2.86 bits per heavy atom. The van der Waals surface area contributed by atoms with Crippen LogP contribution >= 0.6 is 23.2 Å². The van der Waals surface area contributed by atoms with Gasteiger partial charge < -0.3 is 10.1 Å². The molecule has 118 valence electrons. The summed E-state index contributed by atoms with van der Waals surface area (Å²) in [5, 5.41) is 16.2. The highest BCUT2D eigenvalue weighted by atomic mass is 35.5. The Kier molecular flexibility index (Phi) is 4.81. The number of nitrogens with zero attached hydrogens (tertiary/aromatic N) is 4. The summed E-state index contributed by atoms with van der Waals surface area (Å²) in [6.45, 7) is 3.51. The van der Waals surface area contributed by atoms with E-state index in [9.17, 15) is 0 Å². The van der Waals surface area contributed by atoms with Crippen LogP contribution in [-0.2, 0) is 11.2 Å². The van der Waals surface area contributed by atoms with Gasteiger partial charge in [-0.2, -0.15) is 5.10 Å². The van der Waals surface area contributed by atoms with Gasteiger partial charge in [0.25, 0.3) is 0 Å². The lowest BCUT2D eigenvalue weighted by Gasteiger charge is -2.26. The van der Waals surface area contributed by atoms with Crippen LogP contribution in [0.5, 0.6) is 0 Å². The minimum atomic E-state index is 0.0991. The second-order valence-electron chi connectivity index (χ2n) is 5.21. The highest BCUT2D eigenvalue weighted by Gasteiger charge is 2.20. The summed E-state index contributed by atoms with van der Waals surface area (Å²) in [5.41, 5.74) is 1.85. The van der Waals surface area contributed by atoms with Crippen LogP contribution in [0.4, 0.5) is 5.82 Å². The fraction of sp³-hybridized carbons (Fsp3) is 0.500. The Morgan fingerprint density at radius 1 is 1.36 bits per heavy atom. The number of nitrogens with one attached hydrogen (secondary N) is 1. The van der Waals surface area contributed by atoms with Gasteiger partial charge in [-0.1, -0.05) is 23.2 Å². The summed E-state index contributed by atoms with van der Waals surface area (Å²) < 4.78 is 7.23. The number of rotatable bonds is 6. The normalized spacial score (nSPS) is 17.3. The minimum Gasteiger partial charge on any atom is -0.369 e. The van der Waals surface area contributed by atoms with Crippen LogP contribution in [0.15, 0.2) is 12.3 Å². The van der Waals surface area contributed by atoms with E-state index in [-0.39, 0.29) is 6.23 Å². The van der Waals surface area contributed by atoms with Crippen LogP contribution in [0, 0.1) is 6.92 Å². The number of aromatic nitrogens is 4. The quantitative estimate of drug-likeness (QED) is 0.817. The van der Waals surface area contributed by atoms with Crippen molar-refractivity contribution < 1.29 is 4.74 Å². The molecule has 0 saturated carbocycles. The maximum Gasteiger partial charge on any atom is 0.155 e. The smallest absolute Gasteiger partial charge is 0.155 e. The Bertz CT molecular complexity index is 657. The van der Waals surface area contributed by atoms with E-state index in [1.807, 2.05) is 23.9 Å². The number of ether oxygens (including phenoxy) is 1. The van der Waals surface area contributed by atoms with Gasteiger partial charge in [-0.05, 0) is 30.9 Å². The second-order valence-corrected chi connectivity index (χ2v) is 5.93. The summed E-state index contributed by atoms with van der Waals surface area (Å²) in [6.07, 6.45) is 4.74. The zero-order valence-electron chi connectivity index (χ0n) is 12.2. The number of hydrogen-bond acceptors (Lipinski definition) is 5. The maximum atomic E-state index is 6.08. The van der Waals surface area contributed by atoms with E-state index in [1.54, 1.807) is 0 Å². The van der Waals surface area contributed by atoms with Gasteiger partial charge in [0.05, 0.1) is 6.61 Å². The molecule has 0 amide bonds. The van der Waals surface area contributed by atoms with E-state index < -0.39 is 0 Å². The van der Waals surface area contributed by atoms with Crippen molar-refractivity contribution in [3.63, 3.8) is 0 Å². The number of halogens is 2. The molecule has 0 bridgehead atoms. The molecule has 1 aliphatic heterocycles. The summed E-state index contributed by atoms with van der Waals surface area (Å²) in [6, 6.07) is 1.95. The average molecular weight is 342 g/mol. The molecule has 1 atom stereocenters. The van der Waals surface area contributed by atoms with Crippen molar-refractivity contribution in [1.82, 2.24) is 20.0 Å². The first-order valence-corrected chi connectivity index (χ1v) is 7.98. The molecule has 0 aliphatic carbocycles. The third-order valence-corrected chi connectivity index (χ3v) is 4.39. The molecule has 1 unspecified atom stereocenters. The molecule has 2 aromatic heterocycles. The van der Waals surface area contributed by atoms with E-state index in [0.717, 1.165) is 49.4 Å². The van der Waals surface area contributed by atoms with Gasteiger partial charge in [0.15, 0.2) is 16.5 Å². The van der Waals surface area contributed by atoms with E-state index in [2.05, 4.69) is 20.6 Å². The zero-order chi connectivity index (χ0) is 15.5. The molecule has 3 heterocycles. The SMILES string of the molecule is Cc1c(Cl)nnc(Cl)c1CCCNc1ccn(C2CCO2)n1. The molecule has 1 fully saturated rings. The average Bonchev–Trinajstić information content (AvgIpc) is 2.89. The van der Waals surface area contributed by atoms with Crippen LogP contribution in [-0.4, -0.2) is 33.1 Å². The zero-order valence-corrected chi connectivity index (χ0v) is 13.7. The Labute approximate surface area is 138 Å². The van der Waals surface area contributed by atoms with Crippen LogP contribution < -0.4 is 5.32 Å². The molecule has 1 N–H and O–H groups in total. The molecule has 3 rings (SSSR count). The molecule has 1 aliphatic rings. The molecule has 0 spiro atoms. The standard InChI is InChI=1S/C14H17Cl2N5O/c1-9-10(14(16)19-18-13(9)15)3-2-6-17-11-4-7-21(20-11)12-5-8-22-12/h4,7,12H,2-3,5-6,8H2,1H3,(H,17,20). The van der Waals surface area contributed by atoms with E-state index in [0.29, 0.717) is 10.3 Å². The van der Waals surface area contributed by atoms with Crippen LogP contribution in [0.2, 0.25) is 10.3 Å². The molecule has 6 nitrogen and oxygen atoms in total. The predicted octanol–water partition coefficient (Wildman–Crippen LogP) is 3.25. The van der Waals surface area contributed by atoms with Gasteiger partial charge in [0.1, 0.15) is 5.82 Å². The van der Waals surface area contributed by atoms with Gasteiger partial charge in [0, 0.05) is 25.2 Å². The Hall–Kier alpha value is -1.37. The Balaban J connectivity index is 1.49. The molecule has 0 radical (unpaired) electrons. The summed E-state index contributed by atoms with van der Waals surface area (Å²) in [7, 11) is 0. The van der Waals surface area contributed by atoms with Crippen LogP contribution in [0.3, 0.4) is 0 Å². The van der Waals surface area contributed by atoms with Gasteiger partial charge in [-0.3, -0.25) is 0 Å². The largest absolute Gasteiger partial charge is 0.369 e. The molecular formula is C14H17Cl2N5O. The molecule has 1 saturated heterocycles. The van der Waals surface area contributed by atoms with Gasteiger partial charge in [0.2, 0.25) is 0 Å². The summed E-state index contributed by atoms with van der Waals surface area (Å²) in [5.74, 6) is 0.851. The fourth-order valence-corrected chi connectivity index (χ4v) is 2.73. The highest BCUT2D eigenvalue weighted by molar-refractivity contribution is 6.32. The van der Waals surface area contributed by atoms with Gasteiger partial charge in [-0.25, -0.2) is 4.68 Å². The topological polar surface area (TPSA) is 64.9 Å². The molecular weight excluding hydrogens is 325 g/mol. The minimum absolute atomic E-state index is 0.0991. The van der Waals surface area contributed by atoms with Crippen molar-refractivity contribution in [2.24, 2.45) is 0 Å². The lowest BCUT2D eigenvalue weighted by atomic mass is 10.1. The first kappa shape index (κ1) is 15.5. The van der Waals surface area contributed by atoms with Crippen molar-refractivity contribution in [2.75, 3.05) is 18.5 Å². The molecule has 8 heteroatoms. The van der Waals surface area contributed by atoms with E-state index in [4.69, 9.17) is 27.9 Å². The van der Waals surface area contributed by atoms with Crippen molar-refractivity contribution in [3.05, 3.63) is 33.7 Å². The number of hydrogen-bond donors (Lipinski definition) is 1. The van der Waals surface area contributed by atoms with Crippen molar-refractivity contribution in [2.45, 2.75) is 32.4 Å². The molecule has 2 aromatic rings. The third-order valence-electron chi connectivity index (χ3n) is 3.72. The third kappa shape index (κ3) is 3.34. The first-order valence-electron chi connectivity index (χ1n) is 7.23. The maximum absolute atomic E-state index is 6.08. The summed E-state index contributed by atoms with van der Waals surface area (Å²) in [4.78, 5) is 0. The monoisotopic (exact) mass is 341 g/mol. The van der Waals surface area contributed by atoms with E-state index in [1.165, 1.54) is 0 Å². The van der Waals surface area contributed by atoms with Crippen LogP contribution in [0.25, 0.3) is 0 Å².